The number of ether oxygens (including phenoxy) is 1. The van der Waals surface area contributed by atoms with Crippen molar-refractivity contribution in [2.45, 2.75) is 6.04 Å². The molecule has 0 aromatic heterocycles. The highest BCUT2D eigenvalue weighted by molar-refractivity contribution is 6.26. The second-order valence-corrected chi connectivity index (χ2v) is 6.52. The van der Waals surface area contributed by atoms with Gasteiger partial charge in [-0.1, -0.05) is 61.2 Å². The molecule has 3 aromatic carbocycles. The molecule has 0 fully saturated rings. The van der Waals surface area contributed by atoms with E-state index in [4.69, 9.17) is 4.74 Å². The molecule has 0 N–H and O–H groups in total. The highest BCUT2D eigenvalue weighted by atomic mass is 16.5. The molecule has 0 radical (unpaired) electrons. The van der Waals surface area contributed by atoms with Gasteiger partial charge in [-0.3, -0.25) is 14.5 Å². The van der Waals surface area contributed by atoms with Crippen LogP contribution in [0.25, 0.3) is 10.8 Å². The van der Waals surface area contributed by atoms with Crippen LogP contribution in [0.4, 0.5) is 0 Å². The predicted molar refractivity (Wildman–Crippen MR) is 105 cm³/mol. The van der Waals surface area contributed by atoms with Gasteiger partial charge in [-0.15, -0.1) is 0 Å². The monoisotopic (exact) mass is 371 g/mol. The van der Waals surface area contributed by atoms with Crippen molar-refractivity contribution in [1.29, 1.82) is 0 Å². The fourth-order valence-corrected chi connectivity index (χ4v) is 3.67. The Balaban J connectivity index is 1.93. The summed E-state index contributed by atoms with van der Waals surface area (Å²) in [4.78, 5) is 40.1. The summed E-state index contributed by atoms with van der Waals surface area (Å²) in [6, 6.07) is 18.6. The molecule has 0 saturated heterocycles. The lowest BCUT2D eigenvalue weighted by atomic mass is 9.90. The highest BCUT2D eigenvalue weighted by Crippen LogP contribution is 2.37. The second kappa shape index (κ2) is 6.78. The fourth-order valence-electron chi connectivity index (χ4n) is 3.67. The number of imide groups is 1. The van der Waals surface area contributed by atoms with Gasteiger partial charge in [0.25, 0.3) is 11.8 Å². The molecule has 2 amide bonds. The number of hydrogen-bond donors (Lipinski definition) is 0. The van der Waals surface area contributed by atoms with E-state index in [9.17, 15) is 14.4 Å². The molecule has 5 heteroatoms. The average molecular weight is 371 g/mol. The Kier molecular flexibility index (Phi) is 4.28. The summed E-state index contributed by atoms with van der Waals surface area (Å²) in [6.45, 7) is 3.83. The molecule has 138 valence electrons. The van der Waals surface area contributed by atoms with Crippen molar-refractivity contribution in [3.63, 3.8) is 0 Å². The first kappa shape index (κ1) is 17.7. The van der Waals surface area contributed by atoms with Crippen molar-refractivity contribution in [3.05, 3.63) is 95.6 Å². The maximum atomic E-state index is 13.4. The van der Waals surface area contributed by atoms with Crippen LogP contribution in [-0.2, 0) is 9.53 Å². The Hall–Kier alpha value is -3.73. The van der Waals surface area contributed by atoms with Gasteiger partial charge in [0.15, 0.2) is 0 Å². The minimum Gasteiger partial charge on any atom is -0.466 e. The quantitative estimate of drug-likeness (QED) is 0.396. The Morgan fingerprint density at radius 2 is 1.46 bits per heavy atom. The molecular weight excluding hydrogens is 354 g/mol. The van der Waals surface area contributed by atoms with E-state index in [0.29, 0.717) is 22.1 Å². The standard InChI is InChI=1S/C23H17NO4/c1-14(23(27)28-2)20(16-8-4-3-5-9-16)24-21(25)17-12-6-10-15-11-7-13-18(19(15)17)22(24)26/h3-13,20H,1H2,2H3/t20-/m0/s1. The number of amides is 2. The van der Waals surface area contributed by atoms with Gasteiger partial charge in [0.1, 0.15) is 0 Å². The zero-order valence-electron chi connectivity index (χ0n) is 15.2. The predicted octanol–water partition coefficient (Wildman–Crippen LogP) is 3.91. The van der Waals surface area contributed by atoms with Crippen molar-refractivity contribution in [1.82, 2.24) is 4.90 Å². The lowest BCUT2D eigenvalue weighted by molar-refractivity contribution is -0.136. The Morgan fingerprint density at radius 1 is 0.893 bits per heavy atom. The normalized spacial score (nSPS) is 14.1. The second-order valence-electron chi connectivity index (χ2n) is 6.52. The first-order chi connectivity index (χ1) is 13.5. The summed E-state index contributed by atoms with van der Waals surface area (Å²) < 4.78 is 4.82. The number of carbonyl (C=O) groups is 3. The Morgan fingerprint density at radius 3 is 2.00 bits per heavy atom. The van der Waals surface area contributed by atoms with E-state index in [-0.39, 0.29) is 5.57 Å². The molecule has 28 heavy (non-hydrogen) atoms. The van der Waals surface area contributed by atoms with Gasteiger partial charge in [-0.05, 0) is 23.1 Å². The van der Waals surface area contributed by atoms with Crippen LogP contribution in [0.15, 0.2) is 78.9 Å². The summed E-state index contributed by atoms with van der Waals surface area (Å²) in [5.74, 6) is -1.60. The van der Waals surface area contributed by atoms with Crippen molar-refractivity contribution in [2.24, 2.45) is 0 Å². The van der Waals surface area contributed by atoms with Gasteiger partial charge < -0.3 is 4.74 Å². The fraction of sp³-hybridized carbons (Fsp3) is 0.0870. The number of rotatable bonds is 4. The molecular formula is C23H17NO4. The van der Waals surface area contributed by atoms with Crippen molar-refractivity contribution < 1.29 is 19.1 Å². The van der Waals surface area contributed by atoms with Crippen LogP contribution in [0.1, 0.15) is 32.3 Å². The topological polar surface area (TPSA) is 63.7 Å². The van der Waals surface area contributed by atoms with E-state index in [1.165, 1.54) is 7.11 Å². The zero-order valence-corrected chi connectivity index (χ0v) is 15.2. The van der Waals surface area contributed by atoms with Crippen LogP contribution < -0.4 is 0 Å². The van der Waals surface area contributed by atoms with E-state index in [1.54, 1.807) is 48.5 Å². The zero-order chi connectivity index (χ0) is 19.8. The van der Waals surface area contributed by atoms with Crippen LogP contribution in [0.5, 0.6) is 0 Å². The van der Waals surface area contributed by atoms with Gasteiger partial charge in [0.2, 0.25) is 0 Å². The van der Waals surface area contributed by atoms with Crippen LogP contribution >= 0.6 is 0 Å². The molecule has 0 saturated carbocycles. The van der Waals surface area contributed by atoms with E-state index in [1.807, 2.05) is 18.2 Å². The van der Waals surface area contributed by atoms with Crippen molar-refractivity contribution in [2.75, 3.05) is 7.11 Å². The van der Waals surface area contributed by atoms with Gasteiger partial charge >= 0.3 is 5.97 Å². The molecule has 1 atom stereocenters. The van der Waals surface area contributed by atoms with E-state index in [0.717, 1.165) is 10.3 Å². The number of esters is 1. The van der Waals surface area contributed by atoms with Crippen molar-refractivity contribution in [3.8, 4) is 0 Å². The molecule has 0 unspecified atom stereocenters. The molecule has 0 spiro atoms. The summed E-state index contributed by atoms with van der Waals surface area (Å²) in [5.41, 5.74) is 1.46. The largest absolute Gasteiger partial charge is 0.466 e. The van der Waals surface area contributed by atoms with Crippen LogP contribution in [0.3, 0.4) is 0 Å². The van der Waals surface area contributed by atoms with Crippen LogP contribution in [0, 0.1) is 0 Å². The van der Waals surface area contributed by atoms with Gasteiger partial charge in [-0.2, -0.15) is 0 Å². The SMILES string of the molecule is C=C(C(=O)OC)[C@@H](c1ccccc1)N1C(=O)c2cccc3cccc(c23)C1=O. The number of benzene rings is 3. The number of methoxy groups -OCH3 is 1. The lowest BCUT2D eigenvalue weighted by Gasteiger charge is -2.34. The number of hydrogen-bond acceptors (Lipinski definition) is 4. The molecule has 1 aliphatic rings. The first-order valence-corrected chi connectivity index (χ1v) is 8.76. The molecule has 0 aliphatic carbocycles. The van der Waals surface area contributed by atoms with Crippen LogP contribution in [0.2, 0.25) is 0 Å². The third kappa shape index (κ3) is 2.60. The van der Waals surface area contributed by atoms with Gasteiger partial charge in [0.05, 0.1) is 18.7 Å². The summed E-state index contributed by atoms with van der Waals surface area (Å²) in [7, 11) is 1.24. The maximum Gasteiger partial charge on any atom is 0.335 e. The molecule has 0 bridgehead atoms. The number of nitrogens with zero attached hydrogens (tertiary/aromatic N) is 1. The minimum absolute atomic E-state index is 0.0157. The van der Waals surface area contributed by atoms with E-state index < -0.39 is 23.8 Å². The van der Waals surface area contributed by atoms with E-state index in [2.05, 4.69) is 6.58 Å². The van der Waals surface area contributed by atoms with E-state index >= 15 is 0 Å². The Bertz CT molecular complexity index is 1080. The van der Waals surface area contributed by atoms with Crippen LogP contribution in [-0.4, -0.2) is 29.8 Å². The average Bonchev–Trinajstić information content (AvgIpc) is 2.74. The summed E-state index contributed by atoms with van der Waals surface area (Å²) >= 11 is 0. The molecule has 1 heterocycles. The molecule has 1 aliphatic heterocycles. The molecule has 5 nitrogen and oxygen atoms in total. The number of carbonyl (C=O) groups excluding carboxylic acids is 3. The maximum absolute atomic E-state index is 13.4. The highest BCUT2D eigenvalue weighted by Gasteiger charge is 2.40. The first-order valence-electron chi connectivity index (χ1n) is 8.76. The summed E-state index contributed by atoms with van der Waals surface area (Å²) in [5, 5.41) is 1.45. The smallest absolute Gasteiger partial charge is 0.335 e. The van der Waals surface area contributed by atoms with Gasteiger partial charge in [0, 0.05) is 16.5 Å². The lowest BCUT2D eigenvalue weighted by Crippen LogP contribution is -2.44. The molecule has 4 rings (SSSR count). The third-order valence-electron chi connectivity index (χ3n) is 4.95. The molecule has 3 aromatic rings. The summed E-state index contributed by atoms with van der Waals surface area (Å²) in [6.07, 6.45) is 0. The van der Waals surface area contributed by atoms with Gasteiger partial charge in [-0.25, -0.2) is 4.79 Å². The third-order valence-corrected chi connectivity index (χ3v) is 4.95. The minimum atomic E-state index is -0.961. The Labute approximate surface area is 161 Å². The van der Waals surface area contributed by atoms with Crippen molar-refractivity contribution >= 4 is 28.6 Å².